The number of aliphatic hydroxyl groups excluding tert-OH is 1. The molecule has 0 saturated carbocycles. The van der Waals surface area contributed by atoms with Crippen molar-refractivity contribution in [1.82, 2.24) is 4.90 Å². The standard InChI is InChI=1S/C9H18BrNO2/c1-3-4-5-11(6-7-12)9(13)8(2)10/h8,12H,3-7H2,1-2H3. The van der Waals surface area contributed by atoms with Crippen LogP contribution in [-0.4, -0.2) is 40.4 Å². The van der Waals surface area contributed by atoms with Gasteiger partial charge < -0.3 is 10.0 Å². The smallest absolute Gasteiger partial charge is 0.236 e. The zero-order chi connectivity index (χ0) is 10.3. The normalized spacial score (nSPS) is 12.6. The summed E-state index contributed by atoms with van der Waals surface area (Å²) in [6, 6.07) is 0. The highest BCUT2D eigenvalue weighted by Gasteiger charge is 2.16. The molecular formula is C9H18BrNO2. The van der Waals surface area contributed by atoms with Crippen molar-refractivity contribution in [3.8, 4) is 0 Å². The van der Waals surface area contributed by atoms with E-state index < -0.39 is 0 Å². The number of unbranched alkanes of at least 4 members (excludes halogenated alkanes) is 1. The number of hydrogen-bond donors (Lipinski definition) is 1. The average molecular weight is 252 g/mol. The van der Waals surface area contributed by atoms with Crippen LogP contribution < -0.4 is 0 Å². The van der Waals surface area contributed by atoms with E-state index in [9.17, 15) is 4.79 Å². The first kappa shape index (κ1) is 12.9. The molecule has 1 unspecified atom stereocenters. The Kier molecular flexibility index (Phi) is 7.28. The van der Waals surface area contributed by atoms with Crippen LogP contribution in [0, 0.1) is 0 Å². The summed E-state index contributed by atoms with van der Waals surface area (Å²) in [7, 11) is 0. The van der Waals surface area contributed by atoms with Crippen molar-refractivity contribution < 1.29 is 9.90 Å². The van der Waals surface area contributed by atoms with Crippen molar-refractivity contribution in [2.24, 2.45) is 0 Å². The fourth-order valence-corrected chi connectivity index (χ4v) is 1.34. The third-order valence-electron chi connectivity index (χ3n) is 1.80. The summed E-state index contributed by atoms with van der Waals surface area (Å²) >= 11 is 3.23. The molecule has 1 amide bonds. The predicted molar refractivity (Wildman–Crippen MR) is 57.0 cm³/mol. The second-order valence-electron chi connectivity index (χ2n) is 3.02. The van der Waals surface area contributed by atoms with Crippen LogP contribution in [0.3, 0.4) is 0 Å². The molecule has 0 bridgehead atoms. The molecule has 0 saturated heterocycles. The number of alkyl halides is 1. The largest absolute Gasteiger partial charge is 0.395 e. The van der Waals surface area contributed by atoms with E-state index in [1.165, 1.54) is 0 Å². The van der Waals surface area contributed by atoms with Crippen molar-refractivity contribution in [2.75, 3.05) is 19.7 Å². The van der Waals surface area contributed by atoms with Crippen LogP contribution in [0.25, 0.3) is 0 Å². The van der Waals surface area contributed by atoms with Crippen molar-refractivity contribution in [2.45, 2.75) is 31.5 Å². The predicted octanol–water partition coefficient (Wildman–Crippen LogP) is 1.39. The molecule has 78 valence electrons. The Bertz CT molecular complexity index is 151. The van der Waals surface area contributed by atoms with Crippen LogP contribution in [0.5, 0.6) is 0 Å². The van der Waals surface area contributed by atoms with E-state index in [2.05, 4.69) is 22.9 Å². The highest BCUT2D eigenvalue weighted by Crippen LogP contribution is 2.05. The lowest BCUT2D eigenvalue weighted by molar-refractivity contribution is -0.130. The van der Waals surface area contributed by atoms with Gasteiger partial charge in [-0.05, 0) is 13.3 Å². The van der Waals surface area contributed by atoms with Crippen molar-refractivity contribution in [3.63, 3.8) is 0 Å². The van der Waals surface area contributed by atoms with Gasteiger partial charge in [0.25, 0.3) is 0 Å². The van der Waals surface area contributed by atoms with Gasteiger partial charge in [-0.2, -0.15) is 0 Å². The van der Waals surface area contributed by atoms with Crippen molar-refractivity contribution >= 4 is 21.8 Å². The monoisotopic (exact) mass is 251 g/mol. The van der Waals surface area contributed by atoms with Gasteiger partial charge in [0, 0.05) is 13.1 Å². The fourth-order valence-electron chi connectivity index (χ4n) is 1.05. The van der Waals surface area contributed by atoms with Crippen LogP contribution in [0.1, 0.15) is 26.7 Å². The lowest BCUT2D eigenvalue weighted by atomic mass is 10.3. The summed E-state index contributed by atoms with van der Waals surface area (Å²) in [4.78, 5) is 13.0. The number of aliphatic hydroxyl groups is 1. The molecule has 0 aliphatic carbocycles. The van der Waals surface area contributed by atoms with Gasteiger partial charge >= 0.3 is 0 Å². The molecule has 0 rings (SSSR count). The molecule has 0 spiro atoms. The molecule has 4 heteroatoms. The number of amides is 1. The van der Waals surface area contributed by atoms with Crippen molar-refractivity contribution in [3.05, 3.63) is 0 Å². The summed E-state index contributed by atoms with van der Waals surface area (Å²) in [5, 5.41) is 8.76. The Hall–Kier alpha value is -0.0900. The Morgan fingerprint density at radius 2 is 2.15 bits per heavy atom. The van der Waals surface area contributed by atoms with Crippen LogP contribution in [0.15, 0.2) is 0 Å². The molecule has 3 nitrogen and oxygen atoms in total. The van der Waals surface area contributed by atoms with E-state index in [0.717, 1.165) is 19.4 Å². The Morgan fingerprint density at radius 3 is 2.54 bits per heavy atom. The first-order valence-corrected chi connectivity index (χ1v) is 5.58. The highest BCUT2D eigenvalue weighted by atomic mass is 79.9. The molecule has 1 atom stereocenters. The van der Waals surface area contributed by atoms with E-state index in [-0.39, 0.29) is 17.3 Å². The fraction of sp³-hybridized carbons (Fsp3) is 0.889. The molecule has 0 heterocycles. The third-order valence-corrected chi connectivity index (χ3v) is 2.20. The number of halogens is 1. The Morgan fingerprint density at radius 1 is 1.54 bits per heavy atom. The third kappa shape index (κ3) is 5.26. The molecular weight excluding hydrogens is 234 g/mol. The Labute approximate surface area is 88.2 Å². The van der Waals surface area contributed by atoms with Crippen LogP contribution in [-0.2, 0) is 4.79 Å². The van der Waals surface area contributed by atoms with E-state index in [1.54, 1.807) is 11.8 Å². The number of nitrogens with zero attached hydrogens (tertiary/aromatic N) is 1. The molecule has 1 N–H and O–H groups in total. The molecule has 0 fully saturated rings. The number of rotatable bonds is 6. The molecule has 0 radical (unpaired) electrons. The van der Waals surface area contributed by atoms with E-state index in [1.807, 2.05) is 0 Å². The maximum absolute atomic E-state index is 11.5. The van der Waals surface area contributed by atoms with Crippen molar-refractivity contribution in [1.29, 1.82) is 0 Å². The first-order chi connectivity index (χ1) is 6.13. The van der Waals surface area contributed by atoms with Gasteiger partial charge in [0.1, 0.15) is 0 Å². The summed E-state index contributed by atoms with van der Waals surface area (Å²) in [6.45, 7) is 5.10. The maximum Gasteiger partial charge on any atom is 0.236 e. The van der Waals surface area contributed by atoms with Crippen LogP contribution >= 0.6 is 15.9 Å². The maximum atomic E-state index is 11.5. The van der Waals surface area contributed by atoms with E-state index >= 15 is 0 Å². The molecule has 13 heavy (non-hydrogen) atoms. The summed E-state index contributed by atoms with van der Waals surface area (Å²) < 4.78 is 0. The summed E-state index contributed by atoms with van der Waals surface area (Å²) in [5.41, 5.74) is 0. The number of carbonyl (C=O) groups excluding carboxylic acids is 1. The molecule has 0 aromatic heterocycles. The molecule has 0 aliphatic rings. The van der Waals surface area contributed by atoms with Gasteiger partial charge in [-0.25, -0.2) is 0 Å². The zero-order valence-electron chi connectivity index (χ0n) is 8.29. The summed E-state index contributed by atoms with van der Waals surface area (Å²) in [6.07, 6.45) is 2.05. The second-order valence-corrected chi connectivity index (χ2v) is 4.39. The highest BCUT2D eigenvalue weighted by molar-refractivity contribution is 9.10. The minimum absolute atomic E-state index is 0.0369. The lowest BCUT2D eigenvalue weighted by Crippen LogP contribution is -2.38. The van der Waals surface area contributed by atoms with E-state index in [0.29, 0.717) is 6.54 Å². The number of carbonyl (C=O) groups is 1. The molecule has 0 aliphatic heterocycles. The minimum Gasteiger partial charge on any atom is -0.395 e. The van der Waals surface area contributed by atoms with Gasteiger partial charge in [-0.3, -0.25) is 4.79 Å². The first-order valence-electron chi connectivity index (χ1n) is 4.67. The second kappa shape index (κ2) is 7.33. The molecule has 0 aromatic rings. The average Bonchev–Trinajstić information content (AvgIpc) is 2.11. The van der Waals surface area contributed by atoms with Gasteiger partial charge in [-0.1, -0.05) is 29.3 Å². The van der Waals surface area contributed by atoms with Gasteiger partial charge in [0.15, 0.2) is 0 Å². The van der Waals surface area contributed by atoms with Gasteiger partial charge in [0.2, 0.25) is 5.91 Å². The summed E-state index contributed by atoms with van der Waals surface area (Å²) in [5.74, 6) is 0.0579. The lowest BCUT2D eigenvalue weighted by Gasteiger charge is -2.22. The SMILES string of the molecule is CCCCN(CCO)C(=O)C(C)Br. The minimum atomic E-state index is -0.157. The van der Waals surface area contributed by atoms with Crippen LogP contribution in [0.2, 0.25) is 0 Å². The Balaban J connectivity index is 3.99. The topological polar surface area (TPSA) is 40.5 Å². The van der Waals surface area contributed by atoms with Gasteiger partial charge in [0.05, 0.1) is 11.4 Å². The zero-order valence-corrected chi connectivity index (χ0v) is 9.88. The van der Waals surface area contributed by atoms with Crippen LogP contribution in [0.4, 0.5) is 0 Å². The molecule has 0 aromatic carbocycles. The quantitative estimate of drug-likeness (QED) is 0.726. The van der Waals surface area contributed by atoms with E-state index in [4.69, 9.17) is 5.11 Å². The van der Waals surface area contributed by atoms with Gasteiger partial charge in [-0.15, -0.1) is 0 Å². The number of hydrogen-bond acceptors (Lipinski definition) is 2.